The van der Waals surface area contributed by atoms with Gasteiger partial charge in [0.05, 0.1) is 5.02 Å². The Bertz CT molecular complexity index is 902. The van der Waals surface area contributed by atoms with Crippen LogP contribution in [-0.4, -0.2) is 11.6 Å². The number of fused-ring (bicyclic) bond motifs is 2. The molecule has 27 heavy (non-hydrogen) atoms. The quantitative estimate of drug-likeness (QED) is 0.531. The number of hydrogen-bond acceptors (Lipinski definition) is 3. The first-order chi connectivity index (χ1) is 13.0. The molecule has 5 heteroatoms. The van der Waals surface area contributed by atoms with E-state index in [0.29, 0.717) is 16.5 Å². The van der Waals surface area contributed by atoms with Crippen molar-refractivity contribution in [3.63, 3.8) is 0 Å². The van der Waals surface area contributed by atoms with Gasteiger partial charge in [0, 0.05) is 16.3 Å². The average Bonchev–Trinajstić information content (AvgIpc) is 3.10. The van der Waals surface area contributed by atoms with E-state index in [0.717, 1.165) is 41.3 Å². The number of benzene rings is 2. The summed E-state index contributed by atoms with van der Waals surface area (Å²) in [5, 5.41) is 0.494. The second-order valence-corrected chi connectivity index (χ2v) is 8.66. The van der Waals surface area contributed by atoms with Crippen molar-refractivity contribution in [2.24, 2.45) is 11.8 Å². The predicted octanol–water partition coefficient (Wildman–Crippen LogP) is 6.11. The van der Waals surface area contributed by atoms with Gasteiger partial charge in [0.25, 0.3) is 0 Å². The molecule has 0 heterocycles. The Morgan fingerprint density at radius 3 is 2.41 bits per heavy atom. The van der Waals surface area contributed by atoms with E-state index >= 15 is 0 Å². The van der Waals surface area contributed by atoms with Gasteiger partial charge in [0.1, 0.15) is 17.4 Å². The van der Waals surface area contributed by atoms with E-state index in [4.69, 9.17) is 16.3 Å². The van der Waals surface area contributed by atoms with Crippen LogP contribution in [0.3, 0.4) is 0 Å². The third-order valence-corrected chi connectivity index (χ3v) is 6.53. The van der Waals surface area contributed by atoms with Gasteiger partial charge in [-0.15, -0.1) is 0 Å². The topological polar surface area (TPSA) is 43.4 Å². The monoisotopic (exact) mass is 446 g/mol. The Morgan fingerprint density at radius 2 is 1.78 bits per heavy atom. The second kappa shape index (κ2) is 7.40. The van der Waals surface area contributed by atoms with Gasteiger partial charge in [0.2, 0.25) is 0 Å². The van der Waals surface area contributed by atoms with Crippen LogP contribution < -0.4 is 4.74 Å². The fourth-order valence-electron chi connectivity index (χ4n) is 4.33. The van der Waals surface area contributed by atoms with Crippen molar-refractivity contribution in [1.82, 2.24) is 0 Å². The summed E-state index contributed by atoms with van der Waals surface area (Å²) in [6.07, 6.45) is 3.19. The number of ketones is 2. The minimum absolute atomic E-state index is 0.0351. The van der Waals surface area contributed by atoms with Gasteiger partial charge in [-0.2, -0.15) is 0 Å². The van der Waals surface area contributed by atoms with Crippen LogP contribution >= 0.6 is 27.5 Å². The lowest BCUT2D eigenvalue weighted by atomic mass is 9.74. The molecule has 2 aliphatic carbocycles. The van der Waals surface area contributed by atoms with E-state index in [1.165, 1.54) is 0 Å². The van der Waals surface area contributed by atoms with E-state index in [1.54, 1.807) is 12.1 Å². The van der Waals surface area contributed by atoms with Crippen LogP contribution in [0.1, 0.15) is 43.2 Å². The van der Waals surface area contributed by atoms with E-state index in [-0.39, 0.29) is 23.4 Å². The molecule has 0 amide bonds. The van der Waals surface area contributed by atoms with Gasteiger partial charge in [-0.3, -0.25) is 9.59 Å². The Kier molecular flexibility index (Phi) is 5.13. The molecule has 2 aliphatic rings. The minimum Gasteiger partial charge on any atom is -0.456 e. The van der Waals surface area contributed by atoms with Gasteiger partial charge in [-0.25, -0.2) is 0 Å². The van der Waals surface area contributed by atoms with Crippen molar-refractivity contribution in [3.05, 3.63) is 57.0 Å². The van der Waals surface area contributed by atoms with Crippen LogP contribution in [-0.2, 0) is 16.0 Å². The number of carbonyl (C=O) groups excluding carboxylic acids is 2. The maximum Gasteiger partial charge on any atom is 0.150 e. The van der Waals surface area contributed by atoms with Gasteiger partial charge < -0.3 is 4.74 Å². The van der Waals surface area contributed by atoms with Crippen molar-refractivity contribution in [1.29, 1.82) is 0 Å². The lowest BCUT2D eigenvalue weighted by Crippen LogP contribution is -2.35. The summed E-state index contributed by atoms with van der Waals surface area (Å²) >= 11 is 9.64. The Hall–Kier alpha value is -1.65. The SMILES string of the molecule is CCc1ccc(Oc2ccc(Br)cc2Cl)cc1C1C(=O)C2CCC(C2)C1=O. The molecule has 140 valence electrons. The third-order valence-electron chi connectivity index (χ3n) is 5.74. The average molecular weight is 448 g/mol. The fourth-order valence-corrected chi connectivity index (χ4v) is 5.04. The number of halogens is 2. The zero-order chi connectivity index (χ0) is 19.1. The molecule has 3 nitrogen and oxygen atoms in total. The van der Waals surface area contributed by atoms with Crippen LogP contribution in [0.4, 0.5) is 0 Å². The van der Waals surface area contributed by atoms with Crippen LogP contribution in [0, 0.1) is 11.8 Å². The van der Waals surface area contributed by atoms with Gasteiger partial charge in [-0.05, 0) is 67.1 Å². The van der Waals surface area contributed by atoms with Gasteiger partial charge in [0.15, 0.2) is 11.6 Å². The fraction of sp³-hybridized carbons (Fsp3) is 0.364. The molecule has 2 fully saturated rings. The molecule has 0 N–H and O–H groups in total. The van der Waals surface area contributed by atoms with E-state index in [1.807, 2.05) is 31.2 Å². The standard InChI is InChI=1S/C22H20BrClO3/c1-2-12-5-7-16(27-19-8-6-15(23)10-18(19)24)11-17(12)20-21(25)13-3-4-14(9-13)22(20)26/h5-8,10-11,13-14,20H,2-4,9H2,1H3. The van der Waals surface area contributed by atoms with Crippen molar-refractivity contribution >= 4 is 39.1 Å². The molecule has 0 radical (unpaired) electrons. The van der Waals surface area contributed by atoms with Crippen molar-refractivity contribution in [3.8, 4) is 11.5 Å². The summed E-state index contributed by atoms with van der Waals surface area (Å²) in [5.74, 6) is 0.724. The maximum atomic E-state index is 12.9. The summed E-state index contributed by atoms with van der Waals surface area (Å²) < 4.78 is 6.83. The summed E-state index contributed by atoms with van der Waals surface area (Å²) in [6, 6.07) is 11.1. The molecule has 0 aromatic heterocycles. The molecule has 2 atom stereocenters. The highest BCUT2D eigenvalue weighted by atomic mass is 79.9. The molecule has 2 aromatic carbocycles. The number of ether oxygens (including phenoxy) is 1. The molecule has 0 spiro atoms. The normalized spacial score (nSPS) is 24.3. The first-order valence-electron chi connectivity index (χ1n) is 9.31. The molecule has 2 saturated carbocycles. The van der Waals surface area contributed by atoms with Crippen molar-refractivity contribution in [2.75, 3.05) is 0 Å². The van der Waals surface area contributed by atoms with Crippen LogP contribution in [0.5, 0.6) is 11.5 Å². The lowest BCUT2D eigenvalue weighted by Gasteiger charge is -2.27. The summed E-state index contributed by atoms with van der Waals surface area (Å²) in [4.78, 5) is 25.9. The molecular weight excluding hydrogens is 428 g/mol. The van der Waals surface area contributed by atoms with Crippen molar-refractivity contribution < 1.29 is 14.3 Å². The summed E-state index contributed by atoms with van der Waals surface area (Å²) in [7, 11) is 0. The largest absolute Gasteiger partial charge is 0.456 e. The van der Waals surface area contributed by atoms with E-state index in [9.17, 15) is 9.59 Å². The molecule has 2 aromatic rings. The molecule has 0 saturated heterocycles. The first-order valence-corrected chi connectivity index (χ1v) is 10.5. The highest BCUT2D eigenvalue weighted by Crippen LogP contribution is 2.45. The molecule has 2 unspecified atom stereocenters. The molecule has 0 aliphatic heterocycles. The number of aryl methyl sites for hydroxylation is 1. The van der Waals surface area contributed by atoms with Crippen LogP contribution in [0.15, 0.2) is 40.9 Å². The lowest BCUT2D eigenvalue weighted by molar-refractivity contribution is -0.135. The molecule has 4 rings (SSSR count). The Labute approximate surface area is 172 Å². The number of rotatable bonds is 4. The zero-order valence-corrected chi connectivity index (χ0v) is 17.3. The zero-order valence-electron chi connectivity index (χ0n) is 15.0. The predicted molar refractivity (Wildman–Crippen MR) is 109 cm³/mol. The Morgan fingerprint density at radius 1 is 1.07 bits per heavy atom. The van der Waals surface area contributed by atoms with E-state index < -0.39 is 5.92 Å². The summed E-state index contributed by atoms with van der Waals surface area (Å²) in [5.41, 5.74) is 1.83. The maximum absolute atomic E-state index is 12.9. The van der Waals surface area contributed by atoms with E-state index in [2.05, 4.69) is 15.9 Å². The van der Waals surface area contributed by atoms with Crippen LogP contribution in [0.2, 0.25) is 5.02 Å². The highest BCUT2D eigenvalue weighted by molar-refractivity contribution is 9.10. The number of Topliss-reactive ketones (excluding diaryl/α,β-unsaturated/α-hetero) is 2. The van der Waals surface area contributed by atoms with Gasteiger partial charge >= 0.3 is 0 Å². The Balaban J connectivity index is 1.71. The second-order valence-electron chi connectivity index (χ2n) is 7.34. The summed E-state index contributed by atoms with van der Waals surface area (Å²) in [6.45, 7) is 2.04. The first kappa shape index (κ1) is 18.7. The van der Waals surface area contributed by atoms with Crippen molar-refractivity contribution in [2.45, 2.75) is 38.5 Å². The highest BCUT2D eigenvalue weighted by Gasteiger charge is 2.47. The number of hydrogen-bond donors (Lipinski definition) is 0. The number of carbonyl (C=O) groups is 2. The van der Waals surface area contributed by atoms with Gasteiger partial charge in [-0.1, -0.05) is 40.5 Å². The van der Waals surface area contributed by atoms with Crippen LogP contribution in [0.25, 0.3) is 0 Å². The minimum atomic E-state index is -0.643. The third kappa shape index (κ3) is 3.45. The molecular formula is C22H20BrClO3. The smallest absolute Gasteiger partial charge is 0.150 e. The molecule has 2 bridgehead atoms.